The first-order valence-corrected chi connectivity index (χ1v) is 20.9. The van der Waals surface area contributed by atoms with Gasteiger partial charge in [0.25, 0.3) is 0 Å². The summed E-state index contributed by atoms with van der Waals surface area (Å²) in [6.45, 7) is 0. The highest BCUT2D eigenvalue weighted by Gasteiger charge is 2.50. The third-order valence-corrected chi connectivity index (χ3v) is 14.1. The van der Waals surface area contributed by atoms with Gasteiger partial charge in [0.05, 0.1) is 16.6 Å². The number of hydrogen-bond acceptors (Lipinski definition) is 2. The Balaban J connectivity index is 1.02. The van der Waals surface area contributed by atoms with Crippen LogP contribution in [-0.4, -0.2) is 4.98 Å². The monoisotopic (exact) mass is 751 g/mol. The van der Waals surface area contributed by atoms with Gasteiger partial charge in [-0.2, -0.15) is 0 Å². The molecule has 0 atom stereocenters. The van der Waals surface area contributed by atoms with Crippen LogP contribution in [0.2, 0.25) is 0 Å². The van der Waals surface area contributed by atoms with Gasteiger partial charge in [0.1, 0.15) is 0 Å². The molecular formula is C56H33NS. The summed E-state index contributed by atoms with van der Waals surface area (Å²) in [4.78, 5) is 8.07. The van der Waals surface area contributed by atoms with E-state index in [1.165, 1.54) is 103 Å². The minimum absolute atomic E-state index is 0.428. The van der Waals surface area contributed by atoms with Gasteiger partial charge >= 0.3 is 0 Å². The Bertz CT molecular complexity index is 3460. The minimum Gasteiger partial charge on any atom is -0.247 e. The van der Waals surface area contributed by atoms with Crippen LogP contribution in [0.3, 0.4) is 0 Å². The molecule has 1 spiro atoms. The summed E-state index contributed by atoms with van der Waals surface area (Å²) in [5.74, 6) is 0. The fourth-order valence-corrected chi connectivity index (χ4v) is 11.6. The van der Waals surface area contributed by atoms with Crippen molar-refractivity contribution in [3.8, 4) is 33.5 Å². The van der Waals surface area contributed by atoms with E-state index in [9.17, 15) is 0 Å². The Kier molecular flexibility index (Phi) is 6.65. The maximum Gasteiger partial charge on any atom is 0.0788 e. The summed E-state index contributed by atoms with van der Waals surface area (Å²) >= 11 is 1.89. The molecule has 0 bridgehead atoms. The standard InChI is InChI=1S/C56H33NS/c1-2-15-39-37(13-1)38-14-3-4-16-40(38)44-31-36(29-30-41(39)44)34-25-27-35(28-26-34)55-47-32-46-42-17-5-7-19-48(42)56(51(46)33-45(47)43-18-6-10-22-52(43)57-55)49-20-8-11-23-53(49)58-54-24-12-9-21-50(54)56/h1-33H. The van der Waals surface area contributed by atoms with E-state index in [-0.39, 0.29) is 0 Å². The second-order valence-electron chi connectivity index (χ2n) is 15.7. The zero-order valence-corrected chi connectivity index (χ0v) is 32.2. The van der Waals surface area contributed by atoms with Crippen LogP contribution in [0.5, 0.6) is 0 Å². The van der Waals surface area contributed by atoms with Crippen LogP contribution < -0.4 is 0 Å². The lowest BCUT2D eigenvalue weighted by molar-refractivity contribution is 0.723. The van der Waals surface area contributed by atoms with Crippen LogP contribution in [-0.2, 0) is 5.41 Å². The third kappa shape index (κ3) is 4.30. The van der Waals surface area contributed by atoms with E-state index < -0.39 is 5.41 Å². The molecule has 1 aliphatic carbocycles. The molecule has 0 radical (unpaired) electrons. The molecule has 0 N–H and O–H groups in total. The van der Waals surface area contributed by atoms with E-state index in [1.54, 1.807) is 0 Å². The third-order valence-electron chi connectivity index (χ3n) is 12.9. The normalized spacial score (nSPS) is 13.6. The number of nitrogens with zero attached hydrogens (tertiary/aromatic N) is 1. The first-order valence-electron chi connectivity index (χ1n) is 20.0. The summed E-state index contributed by atoms with van der Waals surface area (Å²) in [5.41, 5.74) is 13.1. The summed E-state index contributed by atoms with van der Waals surface area (Å²) < 4.78 is 0. The number of aromatic nitrogens is 1. The van der Waals surface area contributed by atoms with Crippen molar-refractivity contribution in [3.05, 3.63) is 222 Å². The second-order valence-corrected chi connectivity index (χ2v) is 16.8. The van der Waals surface area contributed by atoms with Crippen molar-refractivity contribution in [1.29, 1.82) is 0 Å². The lowest BCUT2D eigenvalue weighted by Crippen LogP contribution is -2.31. The Hall–Kier alpha value is -7.00. The molecule has 2 aliphatic rings. The van der Waals surface area contributed by atoms with Gasteiger partial charge in [-0.25, -0.2) is 4.98 Å². The van der Waals surface area contributed by atoms with Crippen molar-refractivity contribution in [2.24, 2.45) is 0 Å². The van der Waals surface area contributed by atoms with Gasteiger partial charge in [0.15, 0.2) is 0 Å². The molecule has 58 heavy (non-hydrogen) atoms. The average Bonchev–Trinajstić information content (AvgIpc) is 3.57. The molecule has 0 saturated carbocycles. The van der Waals surface area contributed by atoms with Gasteiger partial charge in [-0.1, -0.05) is 176 Å². The maximum atomic E-state index is 5.43. The number of fused-ring (bicyclic) bond motifs is 18. The van der Waals surface area contributed by atoms with Gasteiger partial charge < -0.3 is 0 Å². The number of rotatable bonds is 2. The Labute approximate surface area is 340 Å². The SMILES string of the molecule is c1ccc2c(c1)Sc1ccccc1C21c2ccccc2-c2cc3c(-c4ccc(-c5ccc6c7ccccc7c7ccccc7c6c5)cc4)nc4ccccc4c3cc21. The highest BCUT2D eigenvalue weighted by molar-refractivity contribution is 7.99. The number of hydrogen-bond donors (Lipinski definition) is 0. The van der Waals surface area contributed by atoms with Crippen LogP contribution in [0.15, 0.2) is 210 Å². The molecular weight excluding hydrogens is 719 g/mol. The Morgan fingerprint density at radius 1 is 0.310 bits per heavy atom. The number of benzene rings is 10. The molecule has 0 unspecified atom stereocenters. The summed E-state index contributed by atoms with van der Waals surface area (Å²) in [6, 6.07) is 74.4. The van der Waals surface area contributed by atoms with Crippen LogP contribution in [0, 0.1) is 0 Å². The fraction of sp³-hybridized carbons (Fsp3) is 0.0179. The molecule has 10 aromatic carbocycles. The van der Waals surface area contributed by atoms with Gasteiger partial charge in [0, 0.05) is 26.1 Å². The van der Waals surface area contributed by atoms with Gasteiger partial charge in [0.2, 0.25) is 0 Å². The minimum atomic E-state index is -0.428. The second kappa shape index (κ2) is 12.0. The Morgan fingerprint density at radius 2 is 0.810 bits per heavy atom. The molecule has 2 heteroatoms. The van der Waals surface area contributed by atoms with Gasteiger partial charge in [-0.05, 0) is 119 Å². The molecule has 0 amide bonds. The van der Waals surface area contributed by atoms with E-state index in [1.807, 2.05) is 11.8 Å². The van der Waals surface area contributed by atoms with Gasteiger partial charge in [-0.3, -0.25) is 0 Å². The van der Waals surface area contributed by atoms with Crippen molar-refractivity contribution in [2.75, 3.05) is 0 Å². The molecule has 11 aromatic rings. The van der Waals surface area contributed by atoms with Crippen LogP contribution in [0.25, 0.3) is 87.5 Å². The van der Waals surface area contributed by atoms with E-state index in [0.29, 0.717) is 0 Å². The first kappa shape index (κ1) is 32.1. The molecule has 1 aliphatic heterocycles. The van der Waals surface area contributed by atoms with Crippen molar-refractivity contribution in [1.82, 2.24) is 4.98 Å². The zero-order chi connectivity index (χ0) is 38.0. The Morgan fingerprint density at radius 3 is 1.50 bits per heavy atom. The lowest BCUT2D eigenvalue weighted by atomic mass is 9.67. The first-order chi connectivity index (χ1) is 28.8. The van der Waals surface area contributed by atoms with Crippen LogP contribution in [0.1, 0.15) is 22.3 Å². The maximum absolute atomic E-state index is 5.43. The number of pyridine rings is 1. The predicted octanol–water partition coefficient (Wildman–Crippen LogP) is 15.0. The topological polar surface area (TPSA) is 12.9 Å². The molecule has 0 saturated heterocycles. The summed E-state index contributed by atoms with van der Waals surface area (Å²) in [6.07, 6.45) is 0. The van der Waals surface area contributed by atoms with Gasteiger partial charge in [-0.15, -0.1) is 0 Å². The molecule has 268 valence electrons. The van der Waals surface area contributed by atoms with Crippen LogP contribution in [0.4, 0.5) is 0 Å². The highest BCUT2D eigenvalue weighted by Crippen LogP contribution is 2.63. The van der Waals surface area contributed by atoms with E-state index in [2.05, 4.69) is 200 Å². The zero-order valence-electron chi connectivity index (χ0n) is 31.4. The average molecular weight is 752 g/mol. The van der Waals surface area contributed by atoms with Crippen molar-refractivity contribution in [2.45, 2.75) is 15.2 Å². The quantitative estimate of drug-likeness (QED) is 0.163. The lowest BCUT2D eigenvalue weighted by Gasteiger charge is -2.39. The highest BCUT2D eigenvalue weighted by atomic mass is 32.2. The van der Waals surface area contributed by atoms with E-state index in [4.69, 9.17) is 4.98 Å². The van der Waals surface area contributed by atoms with Crippen molar-refractivity contribution >= 4 is 65.8 Å². The summed E-state index contributed by atoms with van der Waals surface area (Å²) in [5, 5.41) is 11.3. The van der Waals surface area contributed by atoms with Crippen LogP contribution >= 0.6 is 11.8 Å². The van der Waals surface area contributed by atoms with Crippen molar-refractivity contribution in [3.63, 3.8) is 0 Å². The molecule has 2 heterocycles. The van der Waals surface area contributed by atoms with Crippen molar-refractivity contribution < 1.29 is 0 Å². The molecule has 0 fully saturated rings. The fourth-order valence-electron chi connectivity index (χ4n) is 10.4. The largest absolute Gasteiger partial charge is 0.247 e. The molecule has 1 aromatic heterocycles. The molecule has 1 nitrogen and oxygen atoms in total. The van der Waals surface area contributed by atoms with E-state index in [0.717, 1.165) is 16.8 Å². The smallest absolute Gasteiger partial charge is 0.0788 e. The predicted molar refractivity (Wildman–Crippen MR) is 244 cm³/mol. The number of para-hydroxylation sites is 1. The summed E-state index contributed by atoms with van der Waals surface area (Å²) in [7, 11) is 0. The van der Waals surface area contributed by atoms with E-state index >= 15 is 0 Å². The molecule has 13 rings (SSSR count).